The number of nitrogen functional groups attached to an aromatic ring is 1. The van der Waals surface area contributed by atoms with Crippen LogP contribution in [0.1, 0.15) is 11.1 Å². The van der Waals surface area contributed by atoms with Crippen molar-refractivity contribution >= 4 is 5.69 Å². The minimum atomic E-state index is -0.379. The molecule has 0 atom stereocenters. The molecule has 22 heavy (non-hydrogen) atoms. The molecule has 110 valence electrons. The second-order valence-electron chi connectivity index (χ2n) is 5.66. The molecule has 0 aromatic heterocycles. The summed E-state index contributed by atoms with van der Waals surface area (Å²) in [6, 6.07) is 19.4. The molecule has 2 heteroatoms. The minimum Gasteiger partial charge on any atom is -0.396 e. The maximum Gasteiger partial charge on any atom is 0.147 e. The van der Waals surface area contributed by atoms with E-state index < -0.39 is 0 Å². The second-order valence-corrected chi connectivity index (χ2v) is 5.66. The maximum absolute atomic E-state index is 14.3. The van der Waals surface area contributed by atoms with Gasteiger partial charge in [-0.15, -0.1) is 0 Å². The van der Waals surface area contributed by atoms with Gasteiger partial charge in [-0.05, 0) is 42.7 Å². The fourth-order valence-corrected chi connectivity index (χ4v) is 2.66. The van der Waals surface area contributed by atoms with Crippen molar-refractivity contribution < 1.29 is 4.39 Å². The molecule has 0 bridgehead atoms. The highest BCUT2D eigenvalue weighted by Gasteiger charge is 2.11. The molecule has 3 aromatic rings. The first-order valence-electron chi connectivity index (χ1n) is 7.28. The number of benzene rings is 3. The zero-order valence-corrected chi connectivity index (χ0v) is 12.7. The topological polar surface area (TPSA) is 26.0 Å². The smallest absolute Gasteiger partial charge is 0.147 e. The summed E-state index contributed by atoms with van der Waals surface area (Å²) in [6.45, 7) is 4.04. The van der Waals surface area contributed by atoms with Crippen LogP contribution in [0.3, 0.4) is 0 Å². The van der Waals surface area contributed by atoms with E-state index in [1.807, 2.05) is 68.4 Å². The molecule has 0 unspecified atom stereocenters. The molecule has 0 saturated heterocycles. The van der Waals surface area contributed by atoms with E-state index in [-0.39, 0.29) is 11.5 Å². The van der Waals surface area contributed by atoms with E-state index in [0.717, 1.165) is 33.4 Å². The average Bonchev–Trinajstić information content (AvgIpc) is 2.50. The van der Waals surface area contributed by atoms with Gasteiger partial charge >= 0.3 is 0 Å². The van der Waals surface area contributed by atoms with Crippen LogP contribution < -0.4 is 5.73 Å². The first-order valence-corrected chi connectivity index (χ1v) is 7.28. The summed E-state index contributed by atoms with van der Waals surface area (Å²) >= 11 is 0. The third kappa shape index (κ3) is 2.73. The Morgan fingerprint density at radius 3 is 1.95 bits per heavy atom. The number of aryl methyl sites for hydroxylation is 2. The zero-order chi connectivity index (χ0) is 15.7. The van der Waals surface area contributed by atoms with Gasteiger partial charge in [0.1, 0.15) is 5.82 Å². The molecule has 0 aliphatic rings. The molecule has 2 N–H and O–H groups in total. The van der Waals surface area contributed by atoms with Gasteiger partial charge in [0.15, 0.2) is 0 Å². The predicted molar refractivity (Wildman–Crippen MR) is 91.2 cm³/mol. The summed E-state index contributed by atoms with van der Waals surface area (Å²) in [5.41, 5.74) is 11.9. The molecule has 1 nitrogen and oxygen atoms in total. The van der Waals surface area contributed by atoms with Crippen molar-refractivity contribution in [1.82, 2.24) is 0 Å². The first-order chi connectivity index (χ1) is 10.5. The fraction of sp³-hybridized carbons (Fsp3) is 0.100. The summed E-state index contributed by atoms with van der Waals surface area (Å²) < 4.78 is 14.3. The summed E-state index contributed by atoms with van der Waals surface area (Å²) in [4.78, 5) is 0. The Kier molecular flexibility index (Phi) is 3.68. The Bertz CT molecular complexity index is 837. The van der Waals surface area contributed by atoms with Crippen LogP contribution in [0, 0.1) is 19.7 Å². The maximum atomic E-state index is 14.3. The molecule has 0 radical (unpaired) electrons. The van der Waals surface area contributed by atoms with Crippen molar-refractivity contribution in [2.24, 2.45) is 0 Å². The Balaban J connectivity index is 2.19. The number of anilines is 1. The van der Waals surface area contributed by atoms with Crippen LogP contribution in [0.2, 0.25) is 0 Å². The monoisotopic (exact) mass is 291 g/mol. The fourth-order valence-electron chi connectivity index (χ4n) is 2.66. The van der Waals surface area contributed by atoms with Gasteiger partial charge in [-0.3, -0.25) is 0 Å². The molecule has 0 fully saturated rings. The van der Waals surface area contributed by atoms with E-state index in [9.17, 15) is 4.39 Å². The number of rotatable bonds is 2. The normalized spacial score (nSPS) is 10.7. The third-order valence-corrected chi connectivity index (χ3v) is 3.81. The van der Waals surface area contributed by atoms with Crippen molar-refractivity contribution in [1.29, 1.82) is 0 Å². The highest BCUT2D eigenvalue weighted by Crippen LogP contribution is 2.34. The van der Waals surface area contributed by atoms with Crippen LogP contribution in [-0.2, 0) is 0 Å². The number of hydrogen-bond acceptors (Lipinski definition) is 1. The van der Waals surface area contributed by atoms with Crippen LogP contribution >= 0.6 is 0 Å². The Hall–Kier alpha value is -2.61. The lowest BCUT2D eigenvalue weighted by Gasteiger charge is -2.12. The molecule has 3 aromatic carbocycles. The van der Waals surface area contributed by atoms with Crippen molar-refractivity contribution in [3.63, 3.8) is 0 Å². The lowest BCUT2D eigenvalue weighted by Crippen LogP contribution is -1.96. The van der Waals surface area contributed by atoms with Gasteiger partial charge in [-0.25, -0.2) is 4.39 Å². The van der Waals surface area contributed by atoms with Crippen LogP contribution in [0.25, 0.3) is 22.3 Å². The summed E-state index contributed by atoms with van der Waals surface area (Å²) in [5.74, 6) is -0.379. The van der Waals surface area contributed by atoms with Crippen LogP contribution in [0.15, 0.2) is 60.7 Å². The van der Waals surface area contributed by atoms with Gasteiger partial charge in [0, 0.05) is 5.56 Å². The molecular formula is C20H18FN. The van der Waals surface area contributed by atoms with Crippen molar-refractivity contribution in [3.8, 4) is 22.3 Å². The van der Waals surface area contributed by atoms with E-state index in [1.54, 1.807) is 0 Å². The summed E-state index contributed by atoms with van der Waals surface area (Å²) in [5, 5.41) is 0. The summed E-state index contributed by atoms with van der Waals surface area (Å²) in [7, 11) is 0. The number of halogens is 1. The van der Waals surface area contributed by atoms with Gasteiger partial charge < -0.3 is 5.73 Å². The molecule has 0 aliphatic heterocycles. The molecule has 0 saturated carbocycles. The van der Waals surface area contributed by atoms with E-state index in [4.69, 9.17) is 5.73 Å². The third-order valence-electron chi connectivity index (χ3n) is 3.81. The first kappa shape index (κ1) is 14.3. The van der Waals surface area contributed by atoms with Gasteiger partial charge in [-0.1, -0.05) is 59.7 Å². The number of nitrogens with two attached hydrogens (primary N) is 1. The Morgan fingerprint density at radius 2 is 1.32 bits per heavy atom. The van der Waals surface area contributed by atoms with Crippen molar-refractivity contribution in [2.75, 3.05) is 5.73 Å². The Morgan fingerprint density at radius 1 is 0.727 bits per heavy atom. The van der Waals surface area contributed by atoms with Crippen molar-refractivity contribution in [2.45, 2.75) is 13.8 Å². The Labute approximate surface area is 130 Å². The SMILES string of the molecule is Cc1cccc(-c2cc(F)c(N)c(-c3cccc(C)c3)c2)c1. The van der Waals surface area contributed by atoms with Gasteiger partial charge in [0.2, 0.25) is 0 Å². The molecule has 0 aliphatic carbocycles. The summed E-state index contributed by atoms with van der Waals surface area (Å²) in [6.07, 6.45) is 0. The number of hydrogen-bond donors (Lipinski definition) is 1. The van der Waals surface area contributed by atoms with Crippen molar-refractivity contribution in [3.05, 3.63) is 77.6 Å². The van der Waals surface area contributed by atoms with Crippen LogP contribution in [0.4, 0.5) is 10.1 Å². The molecular weight excluding hydrogens is 273 g/mol. The van der Waals surface area contributed by atoms with Crippen LogP contribution in [-0.4, -0.2) is 0 Å². The molecule has 0 amide bonds. The van der Waals surface area contributed by atoms with E-state index in [0.29, 0.717) is 0 Å². The quantitative estimate of drug-likeness (QED) is 0.632. The van der Waals surface area contributed by atoms with Crippen LogP contribution in [0.5, 0.6) is 0 Å². The lowest BCUT2D eigenvalue weighted by molar-refractivity contribution is 0.633. The van der Waals surface area contributed by atoms with Gasteiger partial charge in [0.05, 0.1) is 5.69 Å². The molecule has 3 rings (SSSR count). The highest BCUT2D eigenvalue weighted by atomic mass is 19.1. The van der Waals surface area contributed by atoms with E-state index >= 15 is 0 Å². The van der Waals surface area contributed by atoms with E-state index in [2.05, 4.69) is 0 Å². The van der Waals surface area contributed by atoms with Gasteiger partial charge in [-0.2, -0.15) is 0 Å². The largest absolute Gasteiger partial charge is 0.396 e. The van der Waals surface area contributed by atoms with E-state index in [1.165, 1.54) is 6.07 Å². The second kappa shape index (κ2) is 5.64. The lowest BCUT2D eigenvalue weighted by atomic mass is 9.95. The molecule has 0 spiro atoms. The van der Waals surface area contributed by atoms with Gasteiger partial charge in [0.25, 0.3) is 0 Å². The predicted octanol–water partition coefficient (Wildman–Crippen LogP) is 5.36. The standard InChI is InChI=1S/C20H18FN/c1-13-5-3-7-15(9-13)17-11-18(20(22)19(21)12-17)16-8-4-6-14(2)10-16/h3-12H,22H2,1-2H3. The zero-order valence-electron chi connectivity index (χ0n) is 12.7. The molecule has 0 heterocycles. The minimum absolute atomic E-state index is 0.196. The highest BCUT2D eigenvalue weighted by molar-refractivity contribution is 5.82. The average molecular weight is 291 g/mol.